The molecule has 0 radical (unpaired) electrons. The maximum Gasteiger partial charge on any atom is 0.276 e. The smallest absolute Gasteiger partial charge is 0.276 e. The summed E-state index contributed by atoms with van der Waals surface area (Å²) in [7, 11) is 1.29. The highest BCUT2D eigenvalue weighted by Gasteiger charge is 2.08. The molecule has 0 heterocycles. The third-order valence-electron chi connectivity index (χ3n) is 2.64. The standard InChI is InChI=1S/C15H15NO3/c1-16(18)15(17)13-7-9-14(10-8-13)19-11-12-5-3-2-4-6-12/h2-10,18H,11H2,1H3. The van der Waals surface area contributed by atoms with Crippen LogP contribution < -0.4 is 4.74 Å². The molecule has 0 aliphatic carbocycles. The van der Waals surface area contributed by atoms with Crippen LogP contribution in [0.4, 0.5) is 0 Å². The molecule has 0 aromatic heterocycles. The van der Waals surface area contributed by atoms with Crippen molar-refractivity contribution >= 4 is 5.91 Å². The van der Waals surface area contributed by atoms with Crippen molar-refractivity contribution in [3.63, 3.8) is 0 Å². The Kier molecular flexibility index (Phi) is 4.15. The molecule has 19 heavy (non-hydrogen) atoms. The third-order valence-corrected chi connectivity index (χ3v) is 2.64. The first-order valence-corrected chi connectivity index (χ1v) is 5.90. The number of hydrogen-bond donors (Lipinski definition) is 1. The van der Waals surface area contributed by atoms with Gasteiger partial charge in [0.2, 0.25) is 0 Å². The van der Waals surface area contributed by atoms with Gasteiger partial charge >= 0.3 is 0 Å². The van der Waals surface area contributed by atoms with E-state index in [1.807, 2.05) is 30.3 Å². The van der Waals surface area contributed by atoms with E-state index in [0.717, 1.165) is 5.56 Å². The lowest BCUT2D eigenvalue weighted by atomic mass is 10.2. The summed E-state index contributed by atoms with van der Waals surface area (Å²) in [5, 5.41) is 9.60. The summed E-state index contributed by atoms with van der Waals surface area (Å²) in [4.78, 5) is 11.5. The predicted octanol–water partition coefficient (Wildman–Crippen LogP) is 2.73. The maximum absolute atomic E-state index is 11.5. The van der Waals surface area contributed by atoms with E-state index >= 15 is 0 Å². The van der Waals surface area contributed by atoms with Crippen LogP contribution >= 0.6 is 0 Å². The quantitative estimate of drug-likeness (QED) is 0.676. The molecule has 2 aromatic carbocycles. The van der Waals surface area contributed by atoms with E-state index < -0.39 is 5.91 Å². The van der Waals surface area contributed by atoms with Crippen molar-refractivity contribution in [2.45, 2.75) is 6.61 Å². The molecule has 1 amide bonds. The molecular weight excluding hydrogens is 242 g/mol. The summed E-state index contributed by atoms with van der Waals surface area (Å²) in [6, 6.07) is 16.5. The number of carbonyl (C=O) groups excluding carboxylic acids is 1. The summed E-state index contributed by atoms with van der Waals surface area (Å²) in [5.41, 5.74) is 1.50. The molecule has 2 aromatic rings. The molecule has 0 aliphatic heterocycles. The van der Waals surface area contributed by atoms with Crippen LogP contribution in [0.3, 0.4) is 0 Å². The highest BCUT2D eigenvalue weighted by atomic mass is 16.5. The summed E-state index contributed by atoms with van der Waals surface area (Å²) >= 11 is 0. The zero-order valence-corrected chi connectivity index (χ0v) is 10.6. The van der Waals surface area contributed by atoms with Gasteiger partial charge in [-0.05, 0) is 29.8 Å². The first-order valence-electron chi connectivity index (χ1n) is 5.90. The monoisotopic (exact) mass is 257 g/mol. The second-order valence-electron chi connectivity index (χ2n) is 4.13. The molecule has 0 unspecified atom stereocenters. The van der Waals surface area contributed by atoms with E-state index in [0.29, 0.717) is 23.0 Å². The van der Waals surface area contributed by atoms with Gasteiger partial charge in [0.15, 0.2) is 0 Å². The van der Waals surface area contributed by atoms with E-state index in [9.17, 15) is 4.79 Å². The molecule has 98 valence electrons. The minimum atomic E-state index is -0.449. The lowest BCUT2D eigenvalue weighted by Gasteiger charge is -2.09. The zero-order chi connectivity index (χ0) is 13.7. The Hall–Kier alpha value is -2.33. The molecule has 0 bridgehead atoms. The van der Waals surface area contributed by atoms with Gasteiger partial charge in [0.05, 0.1) is 0 Å². The van der Waals surface area contributed by atoms with Crippen LogP contribution in [0.1, 0.15) is 15.9 Å². The van der Waals surface area contributed by atoms with Gasteiger partial charge < -0.3 is 4.74 Å². The molecule has 0 spiro atoms. The van der Waals surface area contributed by atoms with Crippen molar-refractivity contribution in [1.29, 1.82) is 0 Å². The van der Waals surface area contributed by atoms with Crippen molar-refractivity contribution in [3.05, 3.63) is 65.7 Å². The van der Waals surface area contributed by atoms with Crippen LogP contribution in [0.5, 0.6) is 5.75 Å². The van der Waals surface area contributed by atoms with Crippen molar-refractivity contribution in [1.82, 2.24) is 5.06 Å². The normalized spacial score (nSPS) is 10.0. The van der Waals surface area contributed by atoms with Gasteiger partial charge in [-0.15, -0.1) is 0 Å². The molecule has 4 heteroatoms. The van der Waals surface area contributed by atoms with Crippen molar-refractivity contribution in [2.75, 3.05) is 7.05 Å². The van der Waals surface area contributed by atoms with Crippen LogP contribution in [0.15, 0.2) is 54.6 Å². The Morgan fingerprint density at radius 2 is 1.74 bits per heavy atom. The van der Waals surface area contributed by atoms with Crippen LogP contribution in [-0.2, 0) is 6.61 Å². The van der Waals surface area contributed by atoms with Crippen LogP contribution in [-0.4, -0.2) is 23.2 Å². The lowest BCUT2D eigenvalue weighted by molar-refractivity contribution is -0.0374. The predicted molar refractivity (Wildman–Crippen MR) is 71.1 cm³/mol. The van der Waals surface area contributed by atoms with Gasteiger partial charge in [-0.2, -0.15) is 0 Å². The SMILES string of the molecule is CN(O)C(=O)c1ccc(OCc2ccccc2)cc1. The van der Waals surface area contributed by atoms with Gasteiger partial charge in [0, 0.05) is 12.6 Å². The molecule has 0 saturated heterocycles. The van der Waals surface area contributed by atoms with Crippen molar-refractivity contribution < 1.29 is 14.7 Å². The highest BCUT2D eigenvalue weighted by Crippen LogP contribution is 2.14. The summed E-state index contributed by atoms with van der Waals surface area (Å²) < 4.78 is 5.60. The van der Waals surface area contributed by atoms with Crippen molar-refractivity contribution in [3.8, 4) is 5.75 Å². The molecule has 4 nitrogen and oxygen atoms in total. The molecule has 0 atom stereocenters. The second kappa shape index (κ2) is 6.02. The minimum Gasteiger partial charge on any atom is -0.489 e. The van der Waals surface area contributed by atoms with Crippen molar-refractivity contribution in [2.24, 2.45) is 0 Å². The Morgan fingerprint density at radius 3 is 2.32 bits per heavy atom. The fourth-order valence-corrected chi connectivity index (χ4v) is 1.62. The molecule has 0 fully saturated rings. The molecule has 1 N–H and O–H groups in total. The average molecular weight is 257 g/mol. The first kappa shape index (κ1) is 13.1. The Morgan fingerprint density at radius 1 is 1.11 bits per heavy atom. The van der Waals surface area contributed by atoms with Gasteiger partial charge in [0.25, 0.3) is 5.91 Å². The lowest BCUT2D eigenvalue weighted by Crippen LogP contribution is -2.22. The second-order valence-corrected chi connectivity index (χ2v) is 4.13. The molecular formula is C15H15NO3. The van der Waals surface area contributed by atoms with Gasteiger partial charge in [0.1, 0.15) is 12.4 Å². The van der Waals surface area contributed by atoms with Gasteiger partial charge in [-0.3, -0.25) is 10.0 Å². The van der Waals surface area contributed by atoms with E-state index in [-0.39, 0.29) is 0 Å². The number of hydrogen-bond acceptors (Lipinski definition) is 3. The van der Waals surface area contributed by atoms with E-state index in [2.05, 4.69) is 0 Å². The number of benzene rings is 2. The average Bonchev–Trinajstić information content (AvgIpc) is 2.46. The van der Waals surface area contributed by atoms with Gasteiger partial charge in [-0.25, -0.2) is 5.06 Å². The van der Waals surface area contributed by atoms with Crippen LogP contribution in [0.2, 0.25) is 0 Å². The number of rotatable bonds is 4. The number of ether oxygens (including phenoxy) is 1. The Bertz CT molecular complexity index is 535. The van der Waals surface area contributed by atoms with E-state index in [1.165, 1.54) is 7.05 Å². The largest absolute Gasteiger partial charge is 0.489 e. The summed E-state index contributed by atoms with van der Waals surface area (Å²) in [5.74, 6) is 0.232. The van der Waals surface area contributed by atoms with E-state index in [4.69, 9.17) is 9.94 Å². The number of amides is 1. The Balaban J connectivity index is 1.98. The fraction of sp³-hybridized carbons (Fsp3) is 0.133. The first-order chi connectivity index (χ1) is 9.16. The molecule has 0 aliphatic rings. The zero-order valence-electron chi connectivity index (χ0n) is 10.6. The van der Waals surface area contributed by atoms with Crippen LogP contribution in [0.25, 0.3) is 0 Å². The number of hydroxylamine groups is 2. The third kappa shape index (κ3) is 3.56. The number of carbonyl (C=O) groups is 1. The fourth-order valence-electron chi connectivity index (χ4n) is 1.62. The molecule has 0 saturated carbocycles. The Labute approximate surface area is 111 Å². The van der Waals surface area contributed by atoms with Crippen LogP contribution in [0, 0.1) is 0 Å². The van der Waals surface area contributed by atoms with E-state index in [1.54, 1.807) is 24.3 Å². The maximum atomic E-state index is 11.5. The summed E-state index contributed by atoms with van der Waals surface area (Å²) in [6.07, 6.45) is 0. The number of nitrogens with zero attached hydrogens (tertiary/aromatic N) is 1. The van der Waals surface area contributed by atoms with Gasteiger partial charge in [-0.1, -0.05) is 30.3 Å². The molecule has 2 rings (SSSR count). The minimum absolute atomic E-state index is 0.414. The topological polar surface area (TPSA) is 49.8 Å². The highest BCUT2D eigenvalue weighted by molar-refractivity contribution is 5.93. The summed E-state index contributed by atoms with van der Waals surface area (Å²) in [6.45, 7) is 0.480.